The van der Waals surface area contributed by atoms with Gasteiger partial charge in [-0.25, -0.2) is 9.79 Å². The molecule has 120 valence electrons. The van der Waals surface area contributed by atoms with Crippen LogP contribution in [-0.2, 0) is 9.53 Å². The van der Waals surface area contributed by atoms with E-state index in [4.69, 9.17) is 25.8 Å². The van der Waals surface area contributed by atoms with Gasteiger partial charge in [0.25, 0.3) is 0 Å². The van der Waals surface area contributed by atoms with Gasteiger partial charge in [0.05, 0.1) is 5.02 Å². The fraction of sp³-hybridized carbons (Fsp3) is 0.111. The zero-order valence-electron chi connectivity index (χ0n) is 12.7. The molecule has 2 aromatic rings. The van der Waals surface area contributed by atoms with Gasteiger partial charge in [-0.15, -0.1) is 0 Å². The van der Waals surface area contributed by atoms with Crippen molar-refractivity contribution in [1.29, 1.82) is 0 Å². The summed E-state index contributed by atoms with van der Waals surface area (Å²) in [6, 6.07) is 11.0. The normalized spacial score (nSPS) is 17.2. The Labute approximate surface area is 143 Å². The lowest BCUT2D eigenvalue weighted by Gasteiger charge is -2.01. The van der Waals surface area contributed by atoms with Crippen molar-refractivity contribution >= 4 is 29.5 Å². The van der Waals surface area contributed by atoms with Crippen molar-refractivity contribution in [2.24, 2.45) is 4.99 Å². The highest BCUT2D eigenvalue weighted by Crippen LogP contribution is 2.40. The van der Waals surface area contributed by atoms with Crippen molar-refractivity contribution in [2.45, 2.75) is 6.92 Å². The first kappa shape index (κ1) is 14.8. The number of aliphatic imine (C=N–C) groups is 1. The van der Waals surface area contributed by atoms with E-state index in [2.05, 4.69) is 4.99 Å². The van der Waals surface area contributed by atoms with Gasteiger partial charge in [-0.2, -0.15) is 0 Å². The maximum atomic E-state index is 12.1. The summed E-state index contributed by atoms with van der Waals surface area (Å²) in [6.45, 7) is 2.10. The minimum absolute atomic E-state index is 0.132. The monoisotopic (exact) mass is 341 g/mol. The SMILES string of the molecule is Cc1cccc(C2=N/C(=C\c3cc(Cl)c4c(c3)OCO4)C(=O)O2)c1. The second-order valence-corrected chi connectivity index (χ2v) is 5.85. The summed E-state index contributed by atoms with van der Waals surface area (Å²) in [5.41, 5.74) is 2.72. The van der Waals surface area contributed by atoms with Crippen LogP contribution < -0.4 is 9.47 Å². The van der Waals surface area contributed by atoms with Gasteiger partial charge >= 0.3 is 5.97 Å². The van der Waals surface area contributed by atoms with Crippen LogP contribution in [0.4, 0.5) is 0 Å². The number of cyclic esters (lactones) is 1. The highest BCUT2D eigenvalue weighted by atomic mass is 35.5. The van der Waals surface area contributed by atoms with E-state index in [0.717, 1.165) is 11.1 Å². The Morgan fingerprint density at radius 3 is 2.92 bits per heavy atom. The van der Waals surface area contributed by atoms with Crippen LogP contribution in [0.3, 0.4) is 0 Å². The molecule has 0 radical (unpaired) electrons. The van der Waals surface area contributed by atoms with E-state index in [0.29, 0.717) is 28.0 Å². The summed E-state index contributed by atoms with van der Waals surface area (Å²) in [6.07, 6.45) is 1.61. The van der Waals surface area contributed by atoms with E-state index in [-0.39, 0.29) is 12.5 Å². The molecule has 0 spiro atoms. The molecule has 0 N–H and O–H groups in total. The first-order valence-electron chi connectivity index (χ1n) is 7.29. The second kappa shape index (κ2) is 5.69. The Balaban J connectivity index is 1.70. The number of ether oxygens (including phenoxy) is 3. The molecule has 0 bridgehead atoms. The van der Waals surface area contributed by atoms with E-state index in [1.165, 1.54) is 0 Å². The fourth-order valence-electron chi connectivity index (χ4n) is 2.54. The molecule has 0 atom stereocenters. The predicted molar refractivity (Wildman–Crippen MR) is 89.4 cm³/mol. The van der Waals surface area contributed by atoms with Crippen molar-refractivity contribution in [3.63, 3.8) is 0 Å². The number of hydrogen-bond donors (Lipinski definition) is 0. The van der Waals surface area contributed by atoms with E-state index in [1.807, 2.05) is 31.2 Å². The number of fused-ring (bicyclic) bond motifs is 1. The van der Waals surface area contributed by atoms with Crippen LogP contribution in [0.5, 0.6) is 11.5 Å². The largest absolute Gasteiger partial charge is 0.454 e. The number of halogens is 1. The number of rotatable bonds is 2. The lowest BCUT2D eigenvalue weighted by atomic mass is 10.1. The Morgan fingerprint density at radius 2 is 2.08 bits per heavy atom. The number of aryl methyl sites for hydroxylation is 1. The number of benzene rings is 2. The van der Waals surface area contributed by atoms with Crippen molar-refractivity contribution in [2.75, 3.05) is 6.79 Å². The summed E-state index contributed by atoms with van der Waals surface area (Å²) in [4.78, 5) is 16.4. The minimum Gasteiger partial charge on any atom is -0.454 e. The maximum Gasteiger partial charge on any atom is 0.363 e. The zero-order chi connectivity index (χ0) is 16.7. The van der Waals surface area contributed by atoms with Crippen molar-refractivity contribution in [3.8, 4) is 11.5 Å². The number of hydrogen-bond acceptors (Lipinski definition) is 5. The van der Waals surface area contributed by atoms with Crippen LogP contribution in [0.25, 0.3) is 6.08 Å². The molecule has 24 heavy (non-hydrogen) atoms. The fourth-order valence-corrected chi connectivity index (χ4v) is 2.81. The summed E-state index contributed by atoms with van der Waals surface area (Å²) >= 11 is 6.15. The van der Waals surface area contributed by atoms with Gasteiger partial charge in [-0.1, -0.05) is 29.3 Å². The molecule has 0 aliphatic carbocycles. The lowest BCUT2D eigenvalue weighted by Crippen LogP contribution is -2.05. The molecule has 0 amide bonds. The highest BCUT2D eigenvalue weighted by Gasteiger charge is 2.25. The Bertz CT molecular complexity index is 917. The van der Waals surface area contributed by atoms with Gasteiger partial charge in [-0.3, -0.25) is 0 Å². The average molecular weight is 342 g/mol. The minimum atomic E-state index is -0.500. The molecule has 6 heteroatoms. The van der Waals surface area contributed by atoms with E-state index in [9.17, 15) is 4.79 Å². The quantitative estimate of drug-likeness (QED) is 0.617. The van der Waals surface area contributed by atoms with Crippen molar-refractivity contribution in [3.05, 3.63) is 63.8 Å². The maximum absolute atomic E-state index is 12.1. The predicted octanol–water partition coefficient (Wildman–Crippen LogP) is 3.72. The van der Waals surface area contributed by atoms with Crippen molar-refractivity contribution in [1.82, 2.24) is 0 Å². The van der Waals surface area contributed by atoms with Gasteiger partial charge in [0.1, 0.15) is 0 Å². The third-order valence-electron chi connectivity index (χ3n) is 3.64. The molecule has 0 saturated carbocycles. The van der Waals surface area contributed by atoms with E-state index < -0.39 is 5.97 Å². The molecule has 2 aromatic carbocycles. The van der Waals surface area contributed by atoms with Crippen LogP contribution >= 0.6 is 11.6 Å². The third-order valence-corrected chi connectivity index (χ3v) is 3.92. The highest BCUT2D eigenvalue weighted by molar-refractivity contribution is 6.32. The topological polar surface area (TPSA) is 57.1 Å². The molecule has 2 aliphatic heterocycles. The molecule has 5 nitrogen and oxygen atoms in total. The van der Waals surface area contributed by atoms with Gasteiger partial charge in [0, 0.05) is 5.56 Å². The molecule has 2 aliphatic rings. The Kier molecular flexibility index (Phi) is 3.50. The van der Waals surface area contributed by atoms with Gasteiger partial charge < -0.3 is 14.2 Å². The first-order chi connectivity index (χ1) is 11.6. The van der Waals surface area contributed by atoms with E-state index >= 15 is 0 Å². The first-order valence-corrected chi connectivity index (χ1v) is 7.67. The summed E-state index contributed by atoms with van der Waals surface area (Å²) in [7, 11) is 0. The van der Waals surface area contributed by atoms with Crippen LogP contribution in [0, 0.1) is 6.92 Å². The average Bonchev–Trinajstić information content (AvgIpc) is 3.15. The second-order valence-electron chi connectivity index (χ2n) is 5.44. The van der Waals surface area contributed by atoms with Crippen molar-refractivity contribution < 1.29 is 19.0 Å². The summed E-state index contributed by atoms with van der Waals surface area (Å²) in [5, 5.41) is 0.422. The standard InChI is InChI=1S/C18H12ClNO4/c1-10-3-2-4-12(5-10)17-20-14(18(21)24-17)7-11-6-13(19)16-15(8-11)22-9-23-16/h2-8H,9H2,1H3/b14-7-. The molecule has 2 heterocycles. The molecule has 0 unspecified atom stereocenters. The van der Waals surface area contributed by atoms with Crippen LogP contribution in [0.1, 0.15) is 16.7 Å². The molecular weight excluding hydrogens is 330 g/mol. The Morgan fingerprint density at radius 1 is 1.21 bits per heavy atom. The molecule has 0 fully saturated rings. The van der Waals surface area contributed by atoms with E-state index in [1.54, 1.807) is 18.2 Å². The number of esters is 1. The molecule has 0 aromatic heterocycles. The smallest absolute Gasteiger partial charge is 0.363 e. The molecule has 4 rings (SSSR count). The molecule has 0 saturated heterocycles. The number of nitrogens with zero attached hydrogens (tertiary/aromatic N) is 1. The zero-order valence-corrected chi connectivity index (χ0v) is 13.5. The Hall–Kier alpha value is -2.79. The van der Waals surface area contributed by atoms with Gasteiger partial charge in [-0.05, 0) is 42.8 Å². The van der Waals surface area contributed by atoms with Crippen LogP contribution in [0.2, 0.25) is 5.02 Å². The van der Waals surface area contributed by atoms with Crippen LogP contribution in [0.15, 0.2) is 47.1 Å². The molecular formula is C18H12ClNO4. The lowest BCUT2D eigenvalue weighted by molar-refractivity contribution is -0.129. The number of carbonyl (C=O) groups excluding carboxylic acids is 1. The number of carbonyl (C=O) groups is 1. The summed E-state index contributed by atoms with van der Waals surface area (Å²) < 4.78 is 15.9. The van der Waals surface area contributed by atoms with Gasteiger partial charge in [0.15, 0.2) is 17.2 Å². The third kappa shape index (κ3) is 2.63. The summed E-state index contributed by atoms with van der Waals surface area (Å²) in [5.74, 6) is 0.849. The van der Waals surface area contributed by atoms with Gasteiger partial charge in [0.2, 0.25) is 12.7 Å². The van der Waals surface area contributed by atoms with Crippen LogP contribution in [-0.4, -0.2) is 18.7 Å².